The predicted molar refractivity (Wildman–Crippen MR) is 72.9 cm³/mol. The third-order valence-corrected chi connectivity index (χ3v) is 3.89. The highest BCUT2D eigenvalue weighted by Crippen LogP contribution is 2.38. The van der Waals surface area contributed by atoms with Gasteiger partial charge in [-0.05, 0) is 41.8 Å². The summed E-state index contributed by atoms with van der Waals surface area (Å²) in [4.78, 5) is 0. The number of halogens is 3. The van der Waals surface area contributed by atoms with Crippen LogP contribution in [0, 0.1) is 5.82 Å². The van der Waals surface area contributed by atoms with E-state index in [1.54, 1.807) is 12.1 Å². The molecular formula is C14H10Cl2FN. The van der Waals surface area contributed by atoms with Crippen molar-refractivity contribution in [3.63, 3.8) is 0 Å². The van der Waals surface area contributed by atoms with Crippen molar-refractivity contribution in [2.24, 2.45) is 0 Å². The lowest BCUT2D eigenvalue weighted by Gasteiger charge is -2.11. The zero-order valence-corrected chi connectivity index (χ0v) is 10.9. The Morgan fingerprint density at radius 2 is 1.72 bits per heavy atom. The van der Waals surface area contributed by atoms with Gasteiger partial charge in [0, 0.05) is 5.69 Å². The van der Waals surface area contributed by atoms with Gasteiger partial charge in [0.05, 0.1) is 16.1 Å². The minimum Gasteiger partial charge on any atom is -0.378 e. The van der Waals surface area contributed by atoms with Crippen molar-refractivity contribution >= 4 is 28.9 Å². The van der Waals surface area contributed by atoms with Gasteiger partial charge in [-0.3, -0.25) is 0 Å². The lowest BCUT2D eigenvalue weighted by Crippen LogP contribution is -2.05. The van der Waals surface area contributed by atoms with Gasteiger partial charge in [0.15, 0.2) is 0 Å². The summed E-state index contributed by atoms with van der Waals surface area (Å²) in [5, 5.41) is 4.48. The molecule has 0 amide bonds. The first-order valence-corrected chi connectivity index (χ1v) is 6.39. The molecule has 92 valence electrons. The summed E-state index contributed by atoms with van der Waals surface area (Å²) in [5.41, 5.74) is 3.19. The van der Waals surface area contributed by atoms with E-state index in [9.17, 15) is 4.39 Å². The first-order chi connectivity index (χ1) is 8.63. The molecule has 1 heterocycles. The van der Waals surface area contributed by atoms with Gasteiger partial charge in [0.25, 0.3) is 0 Å². The first kappa shape index (κ1) is 11.8. The van der Waals surface area contributed by atoms with E-state index in [-0.39, 0.29) is 11.9 Å². The van der Waals surface area contributed by atoms with Crippen LogP contribution >= 0.6 is 23.2 Å². The van der Waals surface area contributed by atoms with E-state index >= 15 is 0 Å². The van der Waals surface area contributed by atoms with Crippen molar-refractivity contribution in [2.75, 3.05) is 5.32 Å². The molecule has 1 unspecified atom stereocenters. The molecular weight excluding hydrogens is 272 g/mol. The van der Waals surface area contributed by atoms with E-state index in [0.29, 0.717) is 10.0 Å². The number of hydrogen-bond acceptors (Lipinski definition) is 1. The SMILES string of the molecule is Fc1ccc(C2Cc3cc(Cl)c(Cl)cc3N2)cc1. The molecule has 4 heteroatoms. The lowest BCUT2D eigenvalue weighted by molar-refractivity contribution is 0.626. The topological polar surface area (TPSA) is 12.0 Å². The standard InChI is InChI=1S/C14H10Cl2FN/c15-11-5-9-6-13(18-14(9)7-12(11)16)8-1-3-10(17)4-2-8/h1-5,7,13,18H,6H2. The molecule has 18 heavy (non-hydrogen) atoms. The Morgan fingerprint density at radius 1 is 1.06 bits per heavy atom. The smallest absolute Gasteiger partial charge is 0.123 e. The van der Waals surface area contributed by atoms with Crippen molar-refractivity contribution in [3.05, 3.63) is 63.4 Å². The molecule has 0 saturated carbocycles. The van der Waals surface area contributed by atoms with Crippen LogP contribution in [0.2, 0.25) is 10.0 Å². The number of fused-ring (bicyclic) bond motifs is 1. The molecule has 0 aliphatic carbocycles. The highest BCUT2D eigenvalue weighted by atomic mass is 35.5. The summed E-state index contributed by atoms with van der Waals surface area (Å²) in [7, 11) is 0. The maximum absolute atomic E-state index is 12.9. The van der Waals surface area contributed by atoms with Gasteiger partial charge >= 0.3 is 0 Å². The third kappa shape index (κ3) is 2.06. The molecule has 0 fully saturated rings. The largest absolute Gasteiger partial charge is 0.378 e. The van der Waals surface area contributed by atoms with Crippen molar-refractivity contribution in [1.29, 1.82) is 0 Å². The van der Waals surface area contributed by atoms with E-state index in [1.807, 2.05) is 12.1 Å². The zero-order chi connectivity index (χ0) is 12.7. The lowest BCUT2D eigenvalue weighted by atomic mass is 10.0. The minimum absolute atomic E-state index is 0.148. The molecule has 0 radical (unpaired) electrons. The molecule has 0 bridgehead atoms. The summed E-state index contributed by atoms with van der Waals surface area (Å²) >= 11 is 12.0. The van der Waals surface area contributed by atoms with Crippen LogP contribution < -0.4 is 5.32 Å². The highest BCUT2D eigenvalue weighted by Gasteiger charge is 2.23. The summed E-state index contributed by atoms with van der Waals surface area (Å²) < 4.78 is 12.9. The fourth-order valence-electron chi connectivity index (χ4n) is 2.25. The number of anilines is 1. The Kier molecular flexibility index (Phi) is 2.92. The van der Waals surface area contributed by atoms with Crippen molar-refractivity contribution < 1.29 is 4.39 Å². The van der Waals surface area contributed by atoms with Crippen molar-refractivity contribution in [3.8, 4) is 0 Å². The number of nitrogens with one attached hydrogen (secondary N) is 1. The van der Waals surface area contributed by atoms with Crippen LogP contribution in [0.3, 0.4) is 0 Å². The van der Waals surface area contributed by atoms with Gasteiger partial charge < -0.3 is 5.32 Å². The van der Waals surface area contributed by atoms with Gasteiger partial charge in [-0.25, -0.2) is 4.39 Å². The van der Waals surface area contributed by atoms with Crippen LogP contribution in [0.25, 0.3) is 0 Å². The van der Waals surface area contributed by atoms with E-state index in [1.165, 1.54) is 12.1 Å². The fraction of sp³-hybridized carbons (Fsp3) is 0.143. The molecule has 2 aromatic carbocycles. The fourth-order valence-corrected chi connectivity index (χ4v) is 2.60. The number of benzene rings is 2. The van der Waals surface area contributed by atoms with Crippen LogP contribution in [0.1, 0.15) is 17.2 Å². The normalized spacial score (nSPS) is 17.4. The summed E-state index contributed by atoms with van der Waals surface area (Å²) in [6, 6.07) is 10.4. The van der Waals surface area contributed by atoms with E-state index in [0.717, 1.165) is 23.2 Å². The third-order valence-electron chi connectivity index (χ3n) is 3.17. The molecule has 1 atom stereocenters. The Balaban J connectivity index is 1.91. The molecule has 2 aromatic rings. The van der Waals surface area contributed by atoms with E-state index < -0.39 is 0 Å². The van der Waals surface area contributed by atoms with Crippen molar-refractivity contribution in [2.45, 2.75) is 12.5 Å². The highest BCUT2D eigenvalue weighted by molar-refractivity contribution is 6.42. The van der Waals surface area contributed by atoms with Crippen LogP contribution in [0.5, 0.6) is 0 Å². The molecule has 0 saturated heterocycles. The second-order valence-corrected chi connectivity index (χ2v) is 5.19. The van der Waals surface area contributed by atoms with Gasteiger partial charge in [-0.1, -0.05) is 35.3 Å². The van der Waals surface area contributed by atoms with Crippen LogP contribution in [0.4, 0.5) is 10.1 Å². The van der Waals surface area contributed by atoms with Crippen LogP contribution in [-0.2, 0) is 6.42 Å². The first-order valence-electron chi connectivity index (χ1n) is 5.63. The molecule has 1 aliphatic heterocycles. The molecule has 1 aliphatic rings. The Labute approximate surface area is 115 Å². The average molecular weight is 282 g/mol. The van der Waals surface area contributed by atoms with E-state index in [2.05, 4.69) is 5.32 Å². The molecule has 0 aromatic heterocycles. The van der Waals surface area contributed by atoms with E-state index in [4.69, 9.17) is 23.2 Å². The van der Waals surface area contributed by atoms with Gasteiger partial charge in [-0.2, -0.15) is 0 Å². The average Bonchev–Trinajstić information content (AvgIpc) is 2.73. The van der Waals surface area contributed by atoms with Crippen molar-refractivity contribution in [1.82, 2.24) is 0 Å². The Hall–Kier alpha value is -1.25. The van der Waals surface area contributed by atoms with Gasteiger partial charge in [0.2, 0.25) is 0 Å². The minimum atomic E-state index is -0.222. The monoisotopic (exact) mass is 281 g/mol. The Bertz CT molecular complexity index is 564. The van der Waals surface area contributed by atoms with Gasteiger partial charge in [0.1, 0.15) is 5.82 Å². The summed E-state index contributed by atoms with van der Waals surface area (Å²) in [6.45, 7) is 0. The molecule has 0 spiro atoms. The maximum atomic E-state index is 12.9. The van der Waals surface area contributed by atoms with Crippen LogP contribution in [0.15, 0.2) is 36.4 Å². The zero-order valence-electron chi connectivity index (χ0n) is 9.38. The molecule has 1 nitrogen and oxygen atoms in total. The Morgan fingerprint density at radius 3 is 2.44 bits per heavy atom. The molecule has 1 N–H and O–H groups in total. The summed E-state index contributed by atoms with van der Waals surface area (Å²) in [6.07, 6.45) is 0.831. The predicted octanol–water partition coefficient (Wildman–Crippen LogP) is 4.84. The quantitative estimate of drug-likeness (QED) is 0.789. The molecule has 3 rings (SSSR count). The maximum Gasteiger partial charge on any atom is 0.123 e. The van der Waals surface area contributed by atoms with Crippen LogP contribution in [-0.4, -0.2) is 0 Å². The van der Waals surface area contributed by atoms with Gasteiger partial charge in [-0.15, -0.1) is 0 Å². The number of hydrogen-bond donors (Lipinski definition) is 1. The second-order valence-electron chi connectivity index (χ2n) is 4.38. The summed E-state index contributed by atoms with van der Waals surface area (Å²) in [5.74, 6) is -0.222. The number of rotatable bonds is 1. The second kappa shape index (κ2) is 4.45.